The van der Waals surface area contributed by atoms with Crippen molar-refractivity contribution in [2.24, 2.45) is 0 Å². The van der Waals surface area contributed by atoms with Gasteiger partial charge >= 0.3 is 0 Å². The second-order valence-corrected chi connectivity index (χ2v) is 6.75. The van der Waals surface area contributed by atoms with Crippen molar-refractivity contribution in [2.75, 3.05) is 13.7 Å². The quantitative estimate of drug-likeness (QED) is 0.616. The molecular weight excluding hydrogens is 392 g/mol. The van der Waals surface area contributed by atoms with Gasteiger partial charge in [-0.2, -0.15) is 5.26 Å². The highest BCUT2D eigenvalue weighted by Gasteiger charge is 2.12. The molecule has 152 valence electrons. The molecule has 29 heavy (non-hydrogen) atoms. The van der Waals surface area contributed by atoms with Crippen molar-refractivity contribution in [2.45, 2.75) is 26.5 Å². The number of rotatable bonds is 9. The molecule has 2 rings (SSSR count). The second-order valence-electron chi connectivity index (χ2n) is 6.35. The summed E-state index contributed by atoms with van der Waals surface area (Å²) in [6.45, 7) is 4.11. The Kier molecular flexibility index (Phi) is 8.38. The molecule has 0 aromatic heterocycles. The fourth-order valence-corrected chi connectivity index (χ4v) is 2.73. The number of amides is 1. The first-order valence-corrected chi connectivity index (χ1v) is 9.39. The van der Waals surface area contributed by atoms with E-state index < -0.39 is 0 Å². The van der Waals surface area contributed by atoms with Crippen LogP contribution in [0, 0.1) is 11.3 Å². The molecular formula is C22H23ClN2O4. The number of nitriles is 1. The largest absolute Gasteiger partial charge is 0.493 e. The summed E-state index contributed by atoms with van der Waals surface area (Å²) >= 11 is 6.29. The highest BCUT2D eigenvalue weighted by atomic mass is 35.5. The average molecular weight is 415 g/mol. The van der Waals surface area contributed by atoms with E-state index in [9.17, 15) is 4.79 Å². The van der Waals surface area contributed by atoms with Gasteiger partial charge in [-0.05, 0) is 55.3 Å². The van der Waals surface area contributed by atoms with E-state index in [1.165, 1.54) is 13.2 Å². The molecule has 6 nitrogen and oxygen atoms in total. The molecule has 0 heterocycles. The normalized spacial score (nSPS) is 10.6. The van der Waals surface area contributed by atoms with E-state index in [0.717, 1.165) is 5.56 Å². The van der Waals surface area contributed by atoms with Crippen molar-refractivity contribution < 1.29 is 19.0 Å². The van der Waals surface area contributed by atoms with Gasteiger partial charge in [0, 0.05) is 12.6 Å². The molecule has 0 fully saturated rings. The molecule has 0 atom stereocenters. The van der Waals surface area contributed by atoms with Crippen LogP contribution in [-0.4, -0.2) is 25.7 Å². The van der Waals surface area contributed by atoms with Crippen molar-refractivity contribution in [3.05, 3.63) is 58.6 Å². The highest BCUT2D eigenvalue weighted by molar-refractivity contribution is 6.32. The zero-order chi connectivity index (χ0) is 21.2. The Morgan fingerprint density at radius 1 is 1.31 bits per heavy atom. The van der Waals surface area contributed by atoms with Gasteiger partial charge in [-0.1, -0.05) is 23.7 Å². The monoisotopic (exact) mass is 414 g/mol. The third-order valence-corrected chi connectivity index (χ3v) is 3.98. The summed E-state index contributed by atoms with van der Waals surface area (Å²) in [7, 11) is 1.54. The number of hydrogen-bond donors (Lipinski definition) is 1. The molecule has 0 spiro atoms. The summed E-state index contributed by atoms with van der Waals surface area (Å²) in [6.07, 6.45) is 3.02. The zero-order valence-corrected chi connectivity index (χ0v) is 17.3. The molecule has 0 radical (unpaired) electrons. The number of carbonyl (C=O) groups excluding carboxylic acids is 1. The topological polar surface area (TPSA) is 80.6 Å². The molecule has 0 bridgehead atoms. The Bertz CT molecular complexity index is 920. The van der Waals surface area contributed by atoms with E-state index in [0.29, 0.717) is 34.4 Å². The molecule has 2 aromatic rings. The van der Waals surface area contributed by atoms with Crippen molar-refractivity contribution in [3.63, 3.8) is 0 Å². The fraction of sp³-hybridized carbons (Fsp3) is 0.273. The van der Waals surface area contributed by atoms with Crippen LogP contribution in [0.5, 0.6) is 17.2 Å². The minimum Gasteiger partial charge on any atom is -0.493 e. The van der Waals surface area contributed by atoms with E-state index in [1.54, 1.807) is 36.4 Å². The zero-order valence-electron chi connectivity index (χ0n) is 16.6. The van der Waals surface area contributed by atoms with Crippen LogP contribution in [0.3, 0.4) is 0 Å². The first-order chi connectivity index (χ1) is 13.9. The van der Waals surface area contributed by atoms with Crippen LogP contribution in [0.15, 0.2) is 42.5 Å². The molecule has 7 heteroatoms. The number of nitrogens with one attached hydrogen (secondary N) is 1. The molecule has 0 aliphatic heterocycles. The molecule has 1 amide bonds. The Balaban J connectivity index is 2.00. The van der Waals surface area contributed by atoms with Crippen LogP contribution >= 0.6 is 11.6 Å². The highest BCUT2D eigenvalue weighted by Crippen LogP contribution is 2.37. The van der Waals surface area contributed by atoms with Crippen LogP contribution in [0.1, 0.15) is 25.0 Å². The van der Waals surface area contributed by atoms with Gasteiger partial charge in [0.25, 0.3) is 0 Å². The molecule has 0 saturated heterocycles. The van der Waals surface area contributed by atoms with E-state index in [2.05, 4.69) is 5.32 Å². The number of carbonyl (C=O) groups is 1. The molecule has 0 unspecified atom stereocenters. The smallest absolute Gasteiger partial charge is 0.244 e. The SMILES string of the molecule is COc1cc(/C=C/C(=O)NCc2cccc(OCC#N)c2)cc(Cl)c1OC(C)C. The van der Waals surface area contributed by atoms with Gasteiger partial charge in [0.15, 0.2) is 18.1 Å². The first-order valence-electron chi connectivity index (χ1n) is 9.01. The number of halogens is 1. The van der Waals surface area contributed by atoms with Crippen LogP contribution in [0.4, 0.5) is 0 Å². The van der Waals surface area contributed by atoms with E-state index in [-0.39, 0.29) is 18.6 Å². The standard InChI is InChI=1S/C22H23ClN2O4/c1-15(2)29-22-19(23)12-16(13-20(22)27-3)7-8-21(26)25-14-17-5-4-6-18(11-17)28-10-9-24/h4-8,11-13,15H,10,14H2,1-3H3,(H,25,26)/b8-7+. The number of methoxy groups -OCH3 is 1. The Morgan fingerprint density at radius 3 is 2.79 bits per heavy atom. The van der Waals surface area contributed by atoms with Gasteiger partial charge in [0.2, 0.25) is 5.91 Å². The number of benzene rings is 2. The number of hydrogen-bond acceptors (Lipinski definition) is 5. The molecule has 0 saturated carbocycles. The minimum atomic E-state index is -0.258. The van der Waals surface area contributed by atoms with Gasteiger partial charge in [-0.25, -0.2) is 0 Å². The molecule has 2 aromatic carbocycles. The van der Waals surface area contributed by atoms with Crippen molar-refractivity contribution in [3.8, 4) is 23.3 Å². The fourth-order valence-electron chi connectivity index (χ4n) is 2.47. The summed E-state index contributed by atoms with van der Waals surface area (Å²) in [5.41, 5.74) is 1.58. The Hall–Kier alpha value is -3.17. The van der Waals surface area contributed by atoms with Gasteiger partial charge < -0.3 is 19.5 Å². The maximum Gasteiger partial charge on any atom is 0.244 e. The van der Waals surface area contributed by atoms with Crippen LogP contribution < -0.4 is 19.5 Å². The lowest BCUT2D eigenvalue weighted by Gasteiger charge is -2.15. The van der Waals surface area contributed by atoms with E-state index >= 15 is 0 Å². The van der Waals surface area contributed by atoms with Crippen molar-refractivity contribution in [1.29, 1.82) is 5.26 Å². The van der Waals surface area contributed by atoms with Crippen LogP contribution in [-0.2, 0) is 11.3 Å². The average Bonchev–Trinajstić information content (AvgIpc) is 2.70. The predicted molar refractivity (Wildman–Crippen MR) is 112 cm³/mol. The summed E-state index contributed by atoms with van der Waals surface area (Å²) in [5.74, 6) is 1.30. The maximum absolute atomic E-state index is 12.1. The number of ether oxygens (including phenoxy) is 3. The second kappa shape index (κ2) is 11.0. The Labute approximate surface area is 175 Å². The Morgan fingerprint density at radius 2 is 2.10 bits per heavy atom. The lowest BCUT2D eigenvalue weighted by atomic mass is 10.1. The number of nitrogens with zero attached hydrogens (tertiary/aromatic N) is 1. The summed E-state index contributed by atoms with van der Waals surface area (Å²) in [5, 5.41) is 11.8. The van der Waals surface area contributed by atoms with E-state index in [1.807, 2.05) is 26.0 Å². The summed E-state index contributed by atoms with van der Waals surface area (Å²) in [4.78, 5) is 12.1. The van der Waals surface area contributed by atoms with Crippen molar-refractivity contribution in [1.82, 2.24) is 5.32 Å². The maximum atomic E-state index is 12.1. The predicted octanol–water partition coefficient (Wildman–Crippen LogP) is 4.37. The lowest BCUT2D eigenvalue weighted by molar-refractivity contribution is -0.116. The van der Waals surface area contributed by atoms with Crippen LogP contribution in [0.2, 0.25) is 5.02 Å². The molecule has 1 N–H and O–H groups in total. The van der Waals surface area contributed by atoms with Crippen molar-refractivity contribution >= 4 is 23.6 Å². The minimum absolute atomic E-state index is 0.0223. The third kappa shape index (κ3) is 7.05. The van der Waals surface area contributed by atoms with Crippen LogP contribution in [0.25, 0.3) is 6.08 Å². The summed E-state index contributed by atoms with van der Waals surface area (Å²) < 4.78 is 16.3. The lowest BCUT2D eigenvalue weighted by Crippen LogP contribution is -2.20. The van der Waals surface area contributed by atoms with Gasteiger partial charge in [-0.3, -0.25) is 4.79 Å². The van der Waals surface area contributed by atoms with Gasteiger partial charge in [0.1, 0.15) is 11.8 Å². The summed E-state index contributed by atoms with van der Waals surface area (Å²) in [6, 6.07) is 12.6. The third-order valence-electron chi connectivity index (χ3n) is 3.70. The van der Waals surface area contributed by atoms with E-state index in [4.69, 9.17) is 31.1 Å². The first kappa shape index (κ1) is 22.1. The van der Waals surface area contributed by atoms with Gasteiger partial charge in [-0.15, -0.1) is 0 Å². The van der Waals surface area contributed by atoms with Gasteiger partial charge in [0.05, 0.1) is 18.2 Å². The molecule has 0 aliphatic carbocycles. The molecule has 0 aliphatic rings.